The van der Waals surface area contributed by atoms with Crippen molar-refractivity contribution in [3.05, 3.63) is 53.6 Å². The normalized spacial score (nSPS) is 18.6. The van der Waals surface area contributed by atoms with Crippen LogP contribution in [0.2, 0.25) is 0 Å². The smallest absolute Gasteiger partial charge is 0.335 e. The molecule has 0 fully saturated rings. The van der Waals surface area contributed by atoms with E-state index in [2.05, 4.69) is 5.32 Å². The van der Waals surface area contributed by atoms with Crippen molar-refractivity contribution in [2.45, 2.75) is 39.3 Å². The second-order valence-electron chi connectivity index (χ2n) is 6.88. The Hall–Kier alpha value is -3.15. The van der Waals surface area contributed by atoms with Crippen LogP contribution in [0.15, 0.2) is 42.5 Å². The standard InChI is InChI=1S/C21H22N2O4/c1-12-10-19(22-13(2)24)18-11-17(8-9-20(18)23(12)14(3)25)15-4-6-16(7-5-15)21(26)27/h4-9,11-12,19H,10H2,1-3H3,(H,22,24)(H,26,27)/t12-,19+/m0/s1. The first-order valence-electron chi connectivity index (χ1n) is 8.82. The van der Waals surface area contributed by atoms with Crippen molar-refractivity contribution in [1.82, 2.24) is 5.32 Å². The minimum Gasteiger partial charge on any atom is -0.478 e. The lowest BCUT2D eigenvalue weighted by Crippen LogP contribution is -2.45. The number of hydrogen-bond donors (Lipinski definition) is 2. The number of aromatic carboxylic acids is 1. The van der Waals surface area contributed by atoms with Crippen LogP contribution in [0.1, 0.15) is 49.2 Å². The average molecular weight is 366 g/mol. The maximum Gasteiger partial charge on any atom is 0.335 e. The molecule has 0 spiro atoms. The third-order valence-electron chi connectivity index (χ3n) is 4.86. The molecule has 0 saturated heterocycles. The molecule has 140 valence electrons. The van der Waals surface area contributed by atoms with Crippen LogP contribution in [0.25, 0.3) is 11.1 Å². The number of benzene rings is 2. The third kappa shape index (κ3) is 3.69. The first-order chi connectivity index (χ1) is 12.8. The van der Waals surface area contributed by atoms with Crippen molar-refractivity contribution in [3.63, 3.8) is 0 Å². The molecule has 0 aromatic heterocycles. The van der Waals surface area contributed by atoms with Crippen molar-refractivity contribution in [3.8, 4) is 11.1 Å². The van der Waals surface area contributed by atoms with E-state index in [4.69, 9.17) is 5.11 Å². The summed E-state index contributed by atoms with van der Waals surface area (Å²) in [4.78, 5) is 36.6. The predicted molar refractivity (Wildman–Crippen MR) is 103 cm³/mol. The highest BCUT2D eigenvalue weighted by Gasteiger charge is 2.32. The summed E-state index contributed by atoms with van der Waals surface area (Å²) >= 11 is 0. The summed E-state index contributed by atoms with van der Waals surface area (Å²) in [5, 5.41) is 12.0. The van der Waals surface area contributed by atoms with E-state index in [1.807, 2.05) is 25.1 Å². The van der Waals surface area contributed by atoms with Gasteiger partial charge >= 0.3 is 5.97 Å². The number of rotatable bonds is 3. The molecule has 2 aromatic carbocycles. The maximum atomic E-state index is 12.1. The van der Waals surface area contributed by atoms with Crippen LogP contribution in [-0.2, 0) is 9.59 Å². The Morgan fingerprint density at radius 1 is 1.04 bits per heavy atom. The fourth-order valence-corrected chi connectivity index (χ4v) is 3.71. The molecule has 6 nitrogen and oxygen atoms in total. The molecule has 2 atom stereocenters. The Labute approximate surface area is 157 Å². The molecular formula is C21H22N2O4. The van der Waals surface area contributed by atoms with Gasteiger partial charge in [-0.25, -0.2) is 4.79 Å². The molecular weight excluding hydrogens is 344 g/mol. The van der Waals surface area contributed by atoms with Crippen LogP contribution in [0.5, 0.6) is 0 Å². The van der Waals surface area contributed by atoms with E-state index in [1.165, 1.54) is 13.8 Å². The molecule has 0 unspecified atom stereocenters. The summed E-state index contributed by atoms with van der Waals surface area (Å²) in [6, 6.07) is 12.2. The summed E-state index contributed by atoms with van der Waals surface area (Å²) in [6.07, 6.45) is 0.633. The summed E-state index contributed by atoms with van der Waals surface area (Å²) in [7, 11) is 0. The van der Waals surface area contributed by atoms with E-state index in [0.717, 1.165) is 22.4 Å². The molecule has 1 aliphatic rings. The number of fused-ring (bicyclic) bond motifs is 1. The van der Waals surface area contributed by atoms with E-state index in [-0.39, 0.29) is 29.5 Å². The van der Waals surface area contributed by atoms with Gasteiger partial charge in [0.25, 0.3) is 0 Å². The number of nitrogens with zero attached hydrogens (tertiary/aromatic N) is 1. The monoisotopic (exact) mass is 366 g/mol. The van der Waals surface area contributed by atoms with Crippen LogP contribution >= 0.6 is 0 Å². The van der Waals surface area contributed by atoms with Gasteiger partial charge < -0.3 is 15.3 Å². The second kappa shape index (κ2) is 7.23. The lowest BCUT2D eigenvalue weighted by Gasteiger charge is -2.39. The molecule has 2 aromatic rings. The second-order valence-corrected chi connectivity index (χ2v) is 6.88. The molecule has 6 heteroatoms. The topological polar surface area (TPSA) is 86.7 Å². The SMILES string of the molecule is CC(=O)N[C@@H]1C[C@H](C)N(C(C)=O)c2ccc(-c3ccc(C(=O)O)cc3)cc21. The van der Waals surface area contributed by atoms with Crippen molar-refractivity contribution in [1.29, 1.82) is 0 Å². The Bertz CT molecular complexity index is 905. The lowest BCUT2D eigenvalue weighted by molar-refractivity contribution is -0.119. The molecule has 0 aliphatic carbocycles. The number of anilines is 1. The first kappa shape index (κ1) is 18.6. The van der Waals surface area contributed by atoms with E-state index in [1.54, 1.807) is 29.2 Å². The van der Waals surface area contributed by atoms with Gasteiger partial charge in [0.05, 0.1) is 11.6 Å². The van der Waals surface area contributed by atoms with Gasteiger partial charge in [0.1, 0.15) is 0 Å². The molecule has 0 saturated carbocycles. The Kier molecular flexibility index (Phi) is 4.99. The van der Waals surface area contributed by atoms with Crippen LogP contribution in [0, 0.1) is 0 Å². The van der Waals surface area contributed by atoms with Crippen molar-refractivity contribution in [2.24, 2.45) is 0 Å². The molecule has 0 radical (unpaired) electrons. The summed E-state index contributed by atoms with van der Waals surface area (Å²) < 4.78 is 0. The van der Waals surface area contributed by atoms with Gasteiger partial charge in [-0.15, -0.1) is 0 Å². The van der Waals surface area contributed by atoms with Gasteiger partial charge in [-0.3, -0.25) is 9.59 Å². The van der Waals surface area contributed by atoms with Gasteiger partial charge in [-0.05, 0) is 54.3 Å². The van der Waals surface area contributed by atoms with Crippen LogP contribution in [-0.4, -0.2) is 28.9 Å². The zero-order valence-corrected chi connectivity index (χ0v) is 15.5. The molecule has 3 rings (SSSR count). The summed E-state index contributed by atoms with van der Waals surface area (Å²) in [5.41, 5.74) is 3.69. The van der Waals surface area contributed by atoms with Gasteiger partial charge in [0, 0.05) is 25.6 Å². The number of amides is 2. The fraction of sp³-hybridized carbons (Fsp3) is 0.286. The van der Waals surface area contributed by atoms with E-state index in [9.17, 15) is 14.4 Å². The zero-order valence-electron chi connectivity index (χ0n) is 15.5. The Morgan fingerprint density at radius 3 is 2.22 bits per heavy atom. The number of carbonyl (C=O) groups is 3. The number of hydrogen-bond acceptors (Lipinski definition) is 3. The van der Waals surface area contributed by atoms with Crippen molar-refractivity contribution >= 4 is 23.5 Å². The third-order valence-corrected chi connectivity index (χ3v) is 4.86. The number of nitrogens with one attached hydrogen (secondary N) is 1. The van der Waals surface area contributed by atoms with Crippen molar-refractivity contribution < 1.29 is 19.5 Å². The number of carboxylic acid groups (broad SMARTS) is 1. The summed E-state index contributed by atoms with van der Waals surface area (Å²) in [6.45, 7) is 4.99. The van der Waals surface area contributed by atoms with Crippen LogP contribution in [0.4, 0.5) is 5.69 Å². The van der Waals surface area contributed by atoms with Gasteiger partial charge in [-0.2, -0.15) is 0 Å². The Balaban J connectivity index is 2.06. The highest BCUT2D eigenvalue weighted by Crippen LogP contribution is 2.39. The van der Waals surface area contributed by atoms with Crippen LogP contribution < -0.4 is 10.2 Å². The number of carbonyl (C=O) groups excluding carboxylic acids is 2. The number of carboxylic acids is 1. The average Bonchev–Trinajstić information content (AvgIpc) is 2.60. The first-order valence-corrected chi connectivity index (χ1v) is 8.82. The van der Waals surface area contributed by atoms with Gasteiger partial charge in [0.2, 0.25) is 11.8 Å². The van der Waals surface area contributed by atoms with Gasteiger partial charge in [0.15, 0.2) is 0 Å². The van der Waals surface area contributed by atoms with E-state index >= 15 is 0 Å². The largest absolute Gasteiger partial charge is 0.478 e. The lowest BCUT2D eigenvalue weighted by atomic mass is 9.89. The van der Waals surface area contributed by atoms with Crippen LogP contribution in [0.3, 0.4) is 0 Å². The van der Waals surface area contributed by atoms with Gasteiger partial charge in [-0.1, -0.05) is 18.2 Å². The fourth-order valence-electron chi connectivity index (χ4n) is 3.71. The van der Waals surface area contributed by atoms with E-state index in [0.29, 0.717) is 6.42 Å². The van der Waals surface area contributed by atoms with Crippen molar-refractivity contribution in [2.75, 3.05) is 4.90 Å². The highest BCUT2D eigenvalue weighted by atomic mass is 16.4. The molecule has 1 aliphatic heterocycles. The molecule has 27 heavy (non-hydrogen) atoms. The molecule has 1 heterocycles. The predicted octanol–water partition coefficient (Wildman–Crippen LogP) is 3.37. The Morgan fingerprint density at radius 2 is 1.67 bits per heavy atom. The van der Waals surface area contributed by atoms with E-state index < -0.39 is 5.97 Å². The molecule has 2 N–H and O–H groups in total. The highest BCUT2D eigenvalue weighted by molar-refractivity contribution is 5.94. The maximum absolute atomic E-state index is 12.1. The molecule has 0 bridgehead atoms. The molecule has 2 amide bonds. The minimum atomic E-state index is -0.969. The quantitative estimate of drug-likeness (QED) is 0.872. The minimum absolute atomic E-state index is 0.0208. The summed E-state index contributed by atoms with van der Waals surface area (Å²) in [5.74, 6) is -1.13. The zero-order chi connectivity index (χ0) is 19.7.